The molecule has 0 atom stereocenters. The average Bonchev–Trinajstić information content (AvgIpc) is 2.42. The molecule has 0 saturated carbocycles. The lowest BCUT2D eigenvalue weighted by atomic mass is 10.1. The fraction of sp³-hybridized carbons (Fsp3) is 0.385. The zero-order valence-corrected chi connectivity index (χ0v) is 12.0. The standard InChI is InChI=1S/C13H21N5O2/c1-15-12(19)10-5-4-9(14)8-11(10)16-6-7-17-13(20)18(2)3/h4-5,8,16H,6-7,14H2,1-3H3,(H,15,19)(H,17,20). The molecule has 3 amide bonds. The van der Waals surface area contributed by atoms with E-state index in [1.807, 2.05) is 0 Å². The lowest BCUT2D eigenvalue weighted by molar-refractivity contribution is 0.0964. The van der Waals surface area contributed by atoms with Crippen molar-refractivity contribution in [1.82, 2.24) is 15.5 Å². The van der Waals surface area contributed by atoms with E-state index in [9.17, 15) is 9.59 Å². The molecular weight excluding hydrogens is 258 g/mol. The molecule has 0 heterocycles. The van der Waals surface area contributed by atoms with Gasteiger partial charge < -0.3 is 26.6 Å². The van der Waals surface area contributed by atoms with Gasteiger partial charge in [0.25, 0.3) is 5.91 Å². The quantitative estimate of drug-likeness (QED) is 0.460. The van der Waals surface area contributed by atoms with E-state index in [1.165, 1.54) is 4.90 Å². The van der Waals surface area contributed by atoms with E-state index in [0.717, 1.165) is 0 Å². The molecule has 1 aromatic rings. The van der Waals surface area contributed by atoms with Gasteiger partial charge in [-0.3, -0.25) is 4.79 Å². The van der Waals surface area contributed by atoms with Crippen molar-refractivity contribution in [1.29, 1.82) is 0 Å². The van der Waals surface area contributed by atoms with Crippen LogP contribution in [0.1, 0.15) is 10.4 Å². The second-order valence-electron chi connectivity index (χ2n) is 4.44. The molecule has 1 aromatic carbocycles. The minimum Gasteiger partial charge on any atom is -0.399 e. The highest BCUT2D eigenvalue weighted by atomic mass is 16.2. The lowest BCUT2D eigenvalue weighted by Gasteiger charge is -2.14. The number of nitrogen functional groups attached to an aromatic ring is 1. The number of nitrogens with zero attached hydrogens (tertiary/aromatic N) is 1. The summed E-state index contributed by atoms with van der Waals surface area (Å²) in [5.41, 5.74) is 7.44. The second kappa shape index (κ2) is 7.22. The minimum absolute atomic E-state index is 0.161. The van der Waals surface area contributed by atoms with Crippen LogP contribution < -0.4 is 21.7 Å². The van der Waals surface area contributed by atoms with Gasteiger partial charge in [-0.15, -0.1) is 0 Å². The summed E-state index contributed by atoms with van der Waals surface area (Å²) >= 11 is 0. The van der Waals surface area contributed by atoms with Gasteiger partial charge in [-0.2, -0.15) is 0 Å². The number of nitrogens with one attached hydrogen (secondary N) is 3. The molecule has 0 aliphatic rings. The Kier molecular flexibility index (Phi) is 5.64. The predicted octanol–water partition coefficient (Wildman–Crippen LogP) is 0.312. The number of carbonyl (C=O) groups excluding carboxylic acids is 2. The van der Waals surface area contributed by atoms with Gasteiger partial charge >= 0.3 is 6.03 Å². The number of urea groups is 1. The predicted molar refractivity (Wildman–Crippen MR) is 79.8 cm³/mol. The minimum atomic E-state index is -0.190. The van der Waals surface area contributed by atoms with Crippen LogP contribution >= 0.6 is 0 Å². The van der Waals surface area contributed by atoms with Crippen LogP contribution in [0.2, 0.25) is 0 Å². The first kappa shape index (κ1) is 15.6. The number of nitrogens with two attached hydrogens (primary N) is 1. The zero-order valence-electron chi connectivity index (χ0n) is 12.0. The van der Waals surface area contributed by atoms with Crippen molar-refractivity contribution in [3.63, 3.8) is 0 Å². The Morgan fingerprint density at radius 2 is 1.95 bits per heavy atom. The summed E-state index contributed by atoms with van der Waals surface area (Å²) in [5, 5.41) is 8.38. The highest BCUT2D eigenvalue weighted by molar-refractivity contribution is 6.00. The fourth-order valence-electron chi connectivity index (χ4n) is 1.57. The molecule has 110 valence electrons. The third-order valence-electron chi connectivity index (χ3n) is 2.64. The van der Waals surface area contributed by atoms with Crippen molar-refractivity contribution in [3.05, 3.63) is 23.8 Å². The molecule has 7 nitrogen and oxygen atoms in total. The van der Waals surface area contributed by atoms with Crippen LogP contribution in [-0.2, 0) is 0 Å². The molecule has 7 heteroatoms. The Morgan fingerprint density at radius 1 is 1.25 bits per heavy atom. The van der Waals surface area contributed by atoms with Crippen LogP contribution in [-0.4, -0.2) is 51.1 Å². The number of rotatable bonds is 5. The van der Waals surface area contributed by atoms with Crippen molar-refractivity contribution >= 4 is 23.3 Å². The molecule has 0 unspecified atom stereocenters. The van der Waals surface area contributed by atoms with Gasteiger partial charge in [0, 0.05) is 45.6 Å². The second-order valence-corrected chi connectivity index (χ2v) is 4.44. The molecule has 0 aromatic heterocycles. The van der Waals surface area contributed by atoms with Gasteiger partial charge in [0.2, 0.25) is 0 Å². The Labute approximate surface area is 118 Å². The van der Waals surface area contributed by atoms with E-state index >= 15 is 0 Å². The van der Waals surface area contributed by atoms with E-state index in [1.54, 1.807) is 39.3 Å². The Bertz CT molecular complexity index is 488. The Morgan fingerprint density at radius 3 is 2.55 bits per heavy atom. The van der Waals surface area contributed by atoms with Crippen LogP contribution in [0.15, 0.2) is 18.2 Å². The fourth-order valence-corrected chi connectivity index (χ4v) is 1.57. The molecule has 0 aliphatic carbocycles. The molecule has 0 fully saturated rings. The summed E-state index contributed by atoms with van der Waals surface area (Å²) < 4.78 is 0. The van der Waals surface area contributed by atoms with Crippen LogP contribution in [0.5, 0.6) is 0 Å². The number of amides is 3. The Hall–Kier alpha value is -2.44. The molecular formula is C13H21N5O2. The monoisotopic (exact) mass is 279 g/mol. The molecule has 0 saturated heterocycles. The van der Waals surface area contributed by atoms with Crippen LogP contribution in [0.3, 0.4) is 0 Å². The smallest absolute Gasteiger partial charge is 0.316 e. The normalized spacial score (nSPS) is 9.75. The largest absolute Gasteiger partial charge is 0.399 e. The topological polar surface area (TPSA) is 99.5 Å². The molecule has 0 bridgehead atoms. The van der Waals surface area contributed by atoms with E-state index in [-0.39, 0.29) is 11.9 Å². The number of hydrogen-bond acceptors (Lipinski definition) is 4. The van der Waals surface area contributed by atoms with Crippen molar-refractivity contribution in [3.8, 4) is 0 Å². The molecule has 0 spiro atoms. The van der Waals surface area contributed by atoms with E-state index in [2.05, 4.69) is 16.0 Å². The Balaban J connectivity index is 2.61. The highest BCUT2D eigenvalue weighted by Gasteiger charge is 2.10. The highest BCUT2D eigenvalue weighted by Crippen LogP contribution is 2.18. The van der Waals surface area contributed by atoms with Gasteiger partial charge in [-0.05, 0) is 18.2 Å². The van der Waals surface area contributed by atoms with Crippen molar-refractivity contribution in [2.45, 2.75) is 0 Å². The summed E-state index contributed by atoms with van der Waals surface area (Å²) in [4.78, 5) is 24.5. The summed E-state index contributed by atoms with van der Waals surface area (Å²) in [5.74, 6) is -0.190. The average molecular weight is 279 g/mol. The van der Waals surface area contributed by atoms with Crippen LogP contribution in [0, 0.1) is 0 Å². The molecule has 0 radical (unpaired) electrons. The molecule has 0 aliphatic heterocycles. The molecule has 5 N–H and O–H groups in total. The third kappa shape index (κ3) is 4.34. The summed E-state index contributed by atoms with van der Waals surface area (Å²) in [6, 6.07) is 4.86. The first-order chi connectivity index (χ1) is 9.45. The third-order valence-corrected chi connectivity index (χ3v) is 2.64. The summed E-state index contributed by atoms with van der Waals surface area (Å²) in [7, 11) is 4.91. The van der Waals surface area contributed by atoms with Gasteiger partial charge in [0.1, 0.15) is 0 Å². The van der Waals surface area contributed by atoms with Crippen molar-refractivity contribution in [2.24, 2.45) is 0 Å². The van der Waals surface area contributed by atoms with Gasteiger partial charge in [-0.1, -0.05) is 0 Å². The van der Waals surface area contributed by atoms with E-state index in [4.69, 9.17) is 5.73 Å². The van der Waals surface area contributed by atoms with Gasteiger partial charge in [0.15, 0.2) is 0 Å². The van der Waals surface area contributed by atoms with Crippen molar-refractivity contribution in [2.75, 3.05) is 45.3 Å². The van der Waals surface area contributed by atoms with E-state index in [0.29, 0.717) is 30.0 Å². The number of benzene rings is 1. The molecule has 1 rings (SSSR count). The summed E-state index contributed by atoms with van der Waals surface area (Å²) in [6.07, 6.45) is 0. The van der Waals surface area contributed by atoms with E-state index < -0.39 is 0 Å². The number of carbonyl (C=O) groups is 2. The maximum absolute atomic E-state index is 11.7. The number of hydrogen-bond donors (Lipinski definition) is 4. The van der Waals surface area contributed by atoms with Crippen LogP contribution in [0.4, 0.5) is 16.2 Å². The van der Waals surface area contributed by atoms with Crippen LogP contribution in [0.25, 0.3) is 0 Å². The summed E-state index contributed by atoms with van der Waals surface area (Å²) in [6.45, 7) is 0.937. The molecule has 20 heavy (non-hydrogen) atoms. The SMILES string of the molecule is CNC(=O)c1ccc(N)cc1NCCNC(=O)N(C)C. The maximum Gasteiger partial charge on any atom is 0.316 e. The van der Waals surface area contributed by atoms with Crippen molar-refractivity contribution < 1.29 is 9.59 Å². The number of anilines is 2. The maximum atomic E-state index is 11.7. The zero-order chi connectivity index (χ0) is 15.1. The first-order valence-corrected chi connectivity index (χ1v) is 6.26. The first-order valence-electron chi connectivity index (χ1n) is 6.26. The van der Waals surface area contributed by atoms with Gasteiger partial charge in [0.05, 0.1) is 5.56 Å². The lowest BCUT2D eigenvalue weighted by Crippen LogP contribution is -2.37. The van der Waals surface area contributed by atoms with Gasteiger partial charge in [-0.25, -0.2) is 4.79 Å².